The molecule has 2 aromatic carbocycles. The standard InChI is InChI=1S/C20H14O6/c1-23-19(21)14-6-7-17-13(8-9-24-17)15(14)11-25-20(22)18-10-12-4-2-3-5-16(12)26-18/h2-10H,11H2,1H3. The Morgan fingerprint density at radius 2 is 1.85 bits per heavy atom. The largest absolute Gasteiger partial charge is 0.465 e. The first-order valence-electron chi connectivity index (χ1n) is 7.90. The molecule has 26 heavy (non-hydrogen) atoms. The van der Waals surface area contributed by atoms with Crippen LogP contribution in [-0.4, -0.2) is 19.0 Å². The summed E-state index contributed by atoms with van der Waals surface area (Å²) in [5.74, 6) is -1.02. The van der Waals surface area contributed by atoms with Crippen LogP contribution in [0.15, 0.2) is 63.6 Å². The highest BCUT2D eigenvalue weighted by Gasteiger charge is 2.19. The predicted molar refractivity (Wildman–Crippen MR) is 92.9 cm³/mol. The van der Waals surface area contributed by atoms with Crippen LogP contribution in [0.5, 0.6) is 0 Å². The molecule has 0 amide bonds. The number of carbonyl (C=O) groups is 2. The molecule has 0 unspecified atom stereocenters. The molecule has 0 saturated heterocycles. The van der Waals surface area contributed by atoms with E-state index in [9.17, 15) is 9.59 Å². The summed E-state index contributed by atoms with van der Waals surface area (Å²) in [6, 6.07) is 13.9. The topological polar surface area (TPSA) is 78.9 Å². The van der Waals surface area contributed by atoms with E-state index in [0.29, 0.717) is 27.7 Å². The van der Waals surface area contributed by atoms with E-state index in [-0.39, 0.29) is 12.4 Å². The first-order valence-corrected chi connectivity index (χ1v) is 7.90. The van der Waals surface area contributed by atoms with Gasteiger partial charge in [0.15, 0.2) is 0 Å². The molecule has 4 aromatic rings. The van der Waals surface area contributed by atoms with Crippen molar-refractivity contribution in [1.29, 1.82) is 0 Å². The Kier molecular flexibility index (Phi) is 3.93. The molecule has 2 heterocycles. The number of benzene rings is 2. The summed E-state index contributed by atoms with van der Waals surface area (Å²) in [6.07, 6.45) is 1.51. The van der Waals surface area contributed by atoms with E-state index >= 15 is 0 Å². The lowest BCUT2D eigenvalue weighted by atomic mass is 10.0. The van der Waals surface area contributed by atoms with Crippen molar-refractivity contribution < 1.29 is 27.9 Å². The van der Waals surface area contributed by atoms with Gasteiger partial charge in [-0.05, 0) is 30.3 Å². The van der Waals surface area contributed by atoms with Crippen molar-refractivity contribution in [3.05, 3.63) is 71.7 Å². The van der Waals surface area contributed by atoms with Gasteiger partial charge in [-0.15, -0.1) is 0 Å². The fourth-order valence-corrected chi connectivity index (χ4v) is 2.85. The zero-order chi connectivity index (χ0) is 18.1. The number of ether oxygens (including phenoxy) is 2. The molecule has 4 rings (SSSR count). The predicted octanol–water partition coefficient (Wildman–Crippen LogP) is 4.32. The fraction of sp³-hybridized carbons (Fsp3) is 0.100. The maximum absolute atomic E-state index is 12.4. The first-order chi connectivity index (χ1) is 12.7. The lowest BCUT2D eigenvalue weighted by Gasteiger charge is -2.09. The number of hydrogen-bond acceptors (Lipinski definition) is 6. The Labute approximate surface area is 147 Å². The molecule has 0 radical (unpaired) electrons. The zero-order valence-corrected chi connectivity index (χ0v) is 13.9. The molecule has 0 fully saturated rings. The van der Waals surface area contributed by atoms with Gasteiger partial charge >= 0.3 is 11.9 Å². The smallest absolute Gasteiger partial charge is 0.374 e. The zero-order valence-electron chi connectivity index (χ0n) is 13.9. The summed E-state index contributed by atoms with van der Waals surface area (Å²) in [5, 5.41) is 1.50. The lowest BCUT2D eigenvalue weighted by molar-refractivity contribution is 0.0431. The summed E-state index contributed by atoms with van der Waals surface area (Å²) in [7, 11) is 1.30. The van der Waals surface area contributed by atoms with Crippen LogP contribution in [0.3, 0.4) is 0 Å². The third kappa shape index (κ3) is 2.71. The van der Waals surface area contributed by atoms with Crippen molar-refractivity contribution in [2.75, 3.05) is 7.11 Å². The van der Waals surface area contributed by atoms with E-state index in [1.54, 1.807) is 30.3 Å². The van der Waals surface area contributed by atoms with E-state index in [4.69, 9.17) is 18.3 Å². The molecule has 0 N–H and O–H groups in total. The van der Waals surface area contributed by atoms with Crippen LogP contribution in [0.4, 0.5) is 0 Å². The normalized spacial score (nSPS) is 11.0. The van der Waals surface area contributed by atoms with E-state index in [1.807, 2.05) is 18.2 Å². The Hall–Kier alpha value is -3.54. The Bertz CT molecular complexity index is 1080. The summed E-state index contributed by atoms with van der Waals surface area (Å²) >= 11 is 0. The Balaban J connectivity index is 1.63. The molecule has 0 saturated carbocycles. The number of rotatable bonds is 4. The second-order valence-electron chi connectivity index (χ2n) is 5.64. The van der Waals surface area contributed by atoms with Crippen LogP contribution in [0.25, 0.3) is 21.9 Å². The molecule has 0 spiro atoms. The van der Waals surface area contributed by atoms with E-state index in [0.717, 1.165) is 5.39 Å². The van der Waals surface area contributed by atoms with Gasteiger partial charge in [-0.1, -0.05) is 18.2 Å². The Morgan fingerprint density at radius 1 is 1.00 bits per heavy atom. The molecule has 0 aliphatic rings. The van der Waals surface area contributed by atoms with Crippen LogP contribution >= 0.6 is 0 Å². The number of hydrogen-bond donors (Lipinski definition) is 0. The molecule has 0 bridgehead atoms. The van der Waals surface area contributed by atoms with Gasteiger partial charge in [-0.2, -0.15) is 0 Å². The fourth-order valence-electron chi connectivity index (χ4n) is 2.85. The van der Waals surface area contributed by atoms with Gasteiger partial charge < -0.3 is 18.3 Å². The van der Waals surface area contributed by atoms with Gasteiger partial charge in [-0.25, -0.2) is 9.59 Å². The molecule has 130 valence electrons. The van der Waals surface area contributed by atoms with Gasteiger partial charge in [0.2, 0.25) is 5.76 Å². The quantitative estimate of drug-likeness (QED) is 0.510. The van der Waals surface area contributed by atoms with Gasteiger partial charge in [0.05, 0.1) is 18.9 Å². The number of furan rings is 2. The van der Waals surface area contributed by atoms with Crippen molar-refractivity contribution in [3.63, 3.8) is 0 Å². The van der Waals surface area contributed by atoms with Crippen molar-refractivity contribution in [1.82, 2.24) is 0 Å². The minimum absolute atomic E-state index is 0.102. The number of carbonyl (C=O) groups excluding carboxylic acids is 2. The average molecular weight is 350 g/mol. The number of methoxy groups -OCH3 is 1. The molecule has 6 heteroatoms. The molecule has 2 aromatic heterocycles. The molecule has 0 atom stereocenters. The minimum Gasteiger partial charge on any atom is -0.465 e. The summed E-state index contributed by atoms with van der Waals surface area (Å²) in [5.41, 5.74) is 2.03. The van der Waals surface area contributed by atoms with Crippen LogP contribution in [0, 0.1) is 0 Å². The number of para-hydroxylation sites is 1. The number of esters is 2. The highest BCUT2D eigenvalue weighted by molar-refractivity contribution is 5.98. The van der Waals surface area contributed by atoms with Gasteiger partial charge in [-0.3, -0.25) is 0 Å². The summed E-state index contributed by atoms with van der Waals surface area (Å²) in [4.78, 5) is 24.4. The minimum atomic E-state index is -0.613. The third-order valence-electron chi connectivity index (χ3n) is 4.13. The van der Waals surface area contributed by atoms with Crippen LogP contribution in [0.2, 0.25) is 0 Å². The first kappa shape index (κ1) is 16.0. The molecule has 0 aliphatic heterocycles. The summed E-state index contributed by atoms with van der Waals surface area (Å²) < 4.78 is 21.0. The molecular formula is C20H14O6. The number of fused-ring (bicyclic) bond motifs is 2. The molecule has 0 aliphatic carbocycles. The summed E-state index contributed by atoms with van der Waals surface area (Å²) in [6.45, 7) is -0.114. The van der Waals surface area contributed by atoms with Crippen molar-refractivity contribution in [2.24, 2.45) is 0 Å². The average Bonchev–Trinajstić information content (AvgIpc) is 3.31. The van der Waals surface area contributed by atoms with Crippen LogP contribution in [0.1, 0.15) is 26.5 Å². The van der Waals surface area contributed by atoms with Gasteiger partial charge in [0, 0.05) is 16.3 Å². The van der Waals surface area contributed by atoms with Crippen LogP contribution < -0.4 is 0 Å². The SMILES string of the molecule is COC(=O)c1ccc2occc2c1COC(=O)c1cc2ccccc2o1. The Morgan fingerprint density at radius 3 is 2.65 bits per heavy atom. The second-order valence-corrected chi connectivity index (χ2v) is 5.64. The lowest BCUT2D eigenvalue weighted by Crippen LogP contribution is -2.10. The maximum Gasteiger partial charge on any atom is 0.374 e. The third-order valence-corrected chi connectivity index (χ3v) is 4.13. The monoisotopic (exact) mass is 350 g/mol. The van der Waals surface area contributed by atoms with Crippen molar-refractivity contribution in [2.45, 2.75) is 6.61 Å². The highest BCUT2D eigenvalue weighted by atomic mass is 16.5. The highest BCUT2D eigenvalue weighted by Crippen LogP contribution is 2.26. The van der Waals surface area contributed by atoms with Crippen molar-refractivity contribution in [3.8, 4) is 0 Å². The van der Waals surface area contributed by atoms with Gasteiger partial charge in [0.25, 0.3) is 0 Å². The maximum atomic E-state index is 12.4. The second kappa shape index (κ2) is 6.40. The van der Waals surface area contributed by atoms with E-state index in [2.05, 4.69) is 0 Å². The molecule has 6 nitrogen and oxygen atoms in total. The molecular weight excluding hydrogens is 336 g/mol. The van der Waals surface area contributed by atoms with Crippen LogP contribution in [-0.2, 0) is 16.1 Å². The van der Waals surface area contributed by atoms with E-state index < -0.39 is 11.9 Å². The van der Waals surface area contributed by atoms with Crippen molar-refractivity contribution >= 4 is 33.9 Å². The van der Waals surface area contributed by atoms with Gasteiger partial charge in [0.1, 0.15) is 17.8 Å². The van der Waals surface area contributed by atoms with E-state index in [1.165, 1.54) is 13.4 Å².